The van der Waals surface area contributed by atoms with Crippen molar-refractivity contribution in [3.8, 4) is 17.2 Å². The summed E-state index contributed by atoms with van der Waals surface area (Å²) in [4.78, 5) is 10.1. The maximum Gasteiger partial charge on any atom is 0.387 e. The summed E-state index contributed by atoms with van der Waals surface area (Å²) in [7, 11) is 0. The molecule has 0 aliphatic carbocycles. The van der Waals surface area contributed by atoms with E-state index in [1.54, 1.807) is 17.4 Å². The van der Waals surface area contributed by atoms with Crippen molar-refractivity contribution in [3.05, 3.63) is 33.8 Å². The molecule has 2 heterocycles. The molecule has 2 aromatic rings. The van der Waals surface area contributed by atoms with Crippen molar-refractivity contribution in [2.45, 2.75) is 46.9 Å². The molecule has 11 heteroatoms. The van der Waals surface area contributed by atoms with Crippen molar-refractivity contribution in [3.63, 3.8) is 0 Å². The Morgan fingerprint density at radius 2 is 2.00 bits per heavy atom. The highest BCUT2D eigenvalue weighted by Gasteiger charge is 2.20. The van der Waals surface area contributed by atoms with E-state index in [9.17, 15) is 8.78 Å². The van der Waals surface area contributed by atoms with Crippen LogP contribution in [-0.4, -0.2) is 30.9 Å². The molecular weight excluding hydrogens is 541 g/mol. The summed E-state index contributed by atoms with van der Waals surface area (Å²) in [6.07, 6.45) is 2.82. The number of nitrogens with zero attached hydrogens (tertiary/aromatic N) is 2. The van der Waals surface area contributed by atoms with Gasteiger partial charge in [0.1, 0.15) is 5.75 Å². The minimum absolute atomic E-state index is 0. The van der Waals surface area contributed by atoms with Crippen molar-refractivity contribution in [1.29, 1.82) is 0 Å². The molecule has 3 rings (SSSR count). The first kappa shape index (κ1) is 25.4. The second-order valence-corrected chi connectivity index (χ2v) is 8.26. The second kappa shape index (κ2) is 12.2. The van der Waals surface area contributed by atoms with Gasteiger partial charge in [0.15, 0.2) is 17.5 Å². The molecule has 0 saturated carbocycles. The van der Waals surface area contributed by atoms with E-state index in [0.29, 0.717) is 42.0 Å². The topological polar surface area (TPSA) is 77.0 Å². The zero-order valence-electron chi connectivity index (χ0n) is 17.6. The number of nitrogens with one attached hydrogen (secondary N) is 2. The van der Waals surface area contributed by atoms with E-state index in [0.717, 1.165) is 16.3 Å². The molecule has 0 unspecified atom stereocenters. The quantitative estimate of drug-likeness (QED) is 0.263. The summed E-state index contributed by atoms with van der Waals surface area (Å²) in [5.74, 6) is 2.02. The first-order chi connectivity index (χ1) is 14.4. The number of guanidine groups is 1. The van der Waals surface area contributed by atoms with Crippen LogP contribution in [0.5, 0.6) is 17.2 Å². The van der Waals surface area contributed by atoms with Crippen LogP contribution >= 0.6 is 35.3 Å². The van der Waals surface area contributed by atoms with Crippen LogP contribution in [0.25, 0.3) is 0 Å². The van der Waals surface area contributed by atoms with Gasteiger partial charge in [-0.25, -0.2) is 9.98 Å². The Morgan fingerprint density at radius 3 is 2.68 bits per heavy atom. The average molecular weight is 568 g/mol. The lowest BCUT2D eigenvalue weighted by atomic mass is 10.1. The molecule has 1 aliphatic heterocycles. The number of thiazole rings is 1. The Morgan fingerprint density at radius 1 is 1.26 bits per heavy atom. The molecule has 1 aliphatic rings. The molecule has 2 N–H and O–H groups in total. The lowest BCUT2D eigenvalue weighted by Gasteiger charge is -2.13. The number of ether oxygens (including phenoxy) is 3. The van der Waals surface area contributed by atoms with E-state index >= 15 is 0 Å². The molecule has 0 fully saturated rings. The predicted octanol–water partition coefficient (Wildman–Crippen LogP) is 4.55. The zero-order chi connectivity index (χ0) is 21.5. The molecule has 1 aromatic heterocycles. The van der Waals surface area contributed by atoms with Gasteiger partial charge in [0.25, 0.3) is 0 Å². The van der Waals surface area contributed by atoms with Crippen molar-refractivity contribution >= 4 is 41.3 Å². The van der Waals surface area contributed by atoms with Crippen molar-refractivity contribution in [1.82, 2.24) is 15.6 Å². The predicted molar refractivity (Wildman–Crippen MR) is 127 cm³/mol. The van der Waals surface area contributed by atoms with Crippen LogP contribution in [0.2, 0.25) is 0 Å². The fraction of sp³-hybridized carbons (Fsp3) is 0.500. The van der Waals surface area contributed by atoms with Gasteiger partial charge >= 0.3 is 6.61 Å². The maximum atomic E-state index is 12.8. The number of hydrogen-bond acceptors (Lipinski definition) is 6. The highest BCUT2D eigenvalue weighted by molar-refractivity contribution is 14.0. The van der Waals surface area contributed by atoms with E-state index in [4.69, 9.17) is 9.47 Å². The third kappa shape index (κ3) is 7.63. The number of hydrogen-bond donors (Lipinski definition) is 2. The maximum absolute atomic E-state index is 12.8. The zero-order valence-corrected chi connectivity index (χ0v) is 20.8. The van der Waals surface area contributed by atoms with Gasteiger partial charge in [0.05, 0.1) is 18.1 Å². The van der Waals surface area contributed by atoms with E-state index < -0.39 is 6.61 Å². The normalized spacial score (nSPS) is 12.8. The molecule has 172 valence electrons. The molecular formula is C20H27F2IN4O3S. The molecule has 7 nitrogen and oxygen atoms in total. The number of alkyl halides is 2. The van der Waals surface area contributed by atoms with Gasteiger partial charge in [-0.2, -0.15) is 8.78 Å². The van der Waals surface area contributed by atoms with Crippen molar-refractivity contribution in [2.24, 2.45) is 10.9 Å². The first-order valence-electron chi connectivity index (χ1n) is 9.77. The van der Waals surface area contributed by atoms with Crippen LogP contribution in [0.3, 0.4) is 0 Å². The summed E-state index contributed by atoms with van der Waals surface area (Å²) in [6.45, 7) is 4.76. The number of benzene rings is 1. The monoisotopic (exact) mass is 568 g/mol. The second-order valence-electron chi connectivity index (χ2n) is 7.06. The van der Waals surface area contributed by atoms with E-state index in [-0.39, 0.29) is 43.1 Å². The van der Waals surface area contributed by atoms with Crippen LogP contribution in [-0.2, 0) is 19.5 Å². The Labute approximate surface area is 201 Å². The third-order valence-corrected chi connectivity index (χ3v) is 5.16. The highest BCUT2D eigenvalue weighted by atomic mass is 127. The van der Waals surface area contributed by atoms with E-state index in [2.05, 4.69) is 39.2 Å². The smallest absolute Gasteiger partial charge is 0.387 e. The summed E-state index contributed by atoms with van der Waals surface area (Å²) in [6, 6.07) is 3.03. The van der Waals surface area contributed by atoms with Crippen molar-refractivity contribution in [2.75, 3.05) is 13.3 Å². The van der Waals surface area contributed by atoms with Gasteiger partial charge in [-0.15, -0.1) is 35.3 Å². The number of aromatic nitrogens is 1. The minimum atomic E-state index is -2.94. The standard InChI is InChI=1S/C20H26F2N4O3S.HI/c1-4-23-20(26-10-14-9-24-18(30-14)5-12(2)3)25-8-13-6-16-17(28-11-27-16)7-15(13)29-19(21)22;/h6-7,9,12,19H,4-5,8,10-11H2,1-3H3,(H2,23,25,26);1H. The molecule has 1 aromatic carbocycles. The Bertz CT molecular complexity index is 880. The molecule has 0 atom stereocenters. The summed E-state index contributed by atoms with van der Waals surface area (Å²) >= 11 is 1.67. The number of halogens is 3. The molecule has 31 heavy (non-hydrogen) atoms. The third-order valence-electron chi connectivity index (χ3n) is 4.14. The highest BCUT2D eigenvalue weighted by Crippen LogP contribution is 2.39. The van der Waals surface area contributed by atoms with Gasteiger partial charge < -0.3 is 24.8 Å². The fourth-order valence-corrected chi connectivity index (χ4v) is 3.92. The lowest BCUT2D eigenvalue weighted by molar-refractivity contribution is -0.0505. The summed E-state index contributed by atoms with van der Waals surface area (Å²) in [5.41, 5.74) is 0.480. The lowest BCUT2D eigenvalue weighted by Crippen LogP contribution is -2.36. The Kier molecular flexibility index (Phi) is 10.0. The molecule has 0 amide bonds. The largest absolute Gasteiger partial charge is 0.454 e. The van der Waals surface area contributed by atoms with Crippen LogP contribution in [0.4, 0.5) is 8.78 Å². The molecule has 0 bridgehead atoms. The number of aliphatic imine (C=N–C) groups is 1. The van der Waals surface area contributed by atoms with Crippen molar-refractivity contribution < 1.29 is 23.0 Å². The van der Waals surface area contributed by atoms with Crippen LogP contribution in [0, 0.1) is 5.92 Å². The van der Waals surface area contributed by atoms with E-state index in [1.165, 1.54) is 6.07 Å². The number of rotatable bonds is 9. The Hall–Kier alpha value is -1.89. The fourth-order valence-electron chi connectivity index (χ4n) is 2.84. The van der Waals surface area contributed by atoms with Gasteiger partial charge in [-0.05, 0) is 18.9 Å². The van der Waals surface area contributed by atoms with E-state index in [1.807, 2.05) is 13.1 Å². The molecule has 0 saturated heterocycles. The summed E-state index contributed by atoms with van der Waals surface area (Å²) in [5, 5.41) is 7.51. The van der Waals surface area contributed by atoms with Crippen LogP contribution in [0.15, 0.2) is 23.3 Å². The van der Waals surface area contributed by atoms with Crippen LogP contribution < -0.4 is 24.8 Å². The van der Waals surface area contributed by atoms with Gasteiger partial charge in [0, 0.05) is 35.7 Å². The van der Waals surface area contributed by atoms with Gasteiger partial charge in [0.2, 0.25) is 6.79 Å². The Balaban J connectivity index is 0.00000341. The van der Waals surface area contributed by atoms with Gasteiger partial charge in [-0.1, -0.05) is 13.8 Å². The summed E-state index contributed by atoms with van der Waals surface area (Å²) < 4.78 is 40.8. The van der Waals surface area contributed by atoms with Crippen LogP contribution in [0.1, 0.15) is 36.2 Å². The molecule has 0 radical (unpaired) electrons. The molecule has 0 spiro atoms. The SMILES string of the molecule is CCNC(=NCc1cc2c(cc1OC(F)F)OCO2)NCc1cnc(CC(C)C)s1.I. The number of fused-ring (bicyclic) bond motifs is 1. The average Bonchev–Trinajstić information content (AvgIpc) is 3.31. The minimum Gasteiger partial charge on any atom is -0.454 e. The first-order valence-corrected chi connectivity index (χ1v) is 10.6. The van der Waals surface area contributed by atoms with Gasteiger partial charge in [-0.3, -0.25) is 0 Å².